The Bertz CT molecular complexity index is 1170. The predicted molar refractivity (Wildman–Crippen MR) is 104 cm³/mol. The van der Waals surface area contributed by atoms with Crippen LogP contribution in [0.15, 0.2) is 60.8 Å². The van der Waals surface area contributed by atoms with Crippen molar-refractivity contribution in [3.8, 4) is 17.1 Å². The monoisotopic (exact) mass is 396 g/mol. The van der Waals surface area contributed by atoms with Crippen molar-refractivity contribution in [2.24, 2.45) is 0 Å². The zero-order chi connectivity index (χ0) is 19.7. The summed E-state index contributed by atoms with van der Waals surface area (Å²) in [6, 6.07) is 14.2. The Hall–Kier alpha value is -3.45. The van der Waals surface area contributed by atoms with Crippen molar-refractivity contribution in [3.05, 3.63) is 77.2 Å². The van der Waals surface area contributed by atoms with E-state index in [4.69, 9.17) is 16.3 Å². The number of carbonyl (C=O) groups is 1. The number of benzene rings is 2. The number of carbonyl (C=O) groups excluding carboxylic acids is 1. The number of hydrogen-bond donors (Lipinski definition) is 1. The Balaban J connectivity index is 1.68. The number of pyridine rings is 1. The third kappa shape index (κ3) is 3.27. The smallest absolute Gasteiger partial charge is 0.259 e. The molecule has 6 nitrogen and oxygen atoms in total. The van der Waals surface area contributed by atoms with Gasteiger partial charge >= 0.3 is 0 Å². The molecule has 1 amide bonds. The molecule has 140 valence electrons. The third-order valence-corrected chi connectivity index (χ3v) is 4.49. The van der Waals surface area contributed by atoms with E-state index in [0.717, 1.165) is 0 Å². The van der Waals surface area contributed by atoms with Gasteiger partial charge in [-0.05, 0) is 54.6 Å². The molecular formula is C20H14ClFN4O2. The van der Waals surface area contributed by atoms with Gasteiger partial charge in [-0.2, -0.15) is 0 Å². The van der Waals surface area contributed by atoms with Crippen molar-refractivity contribution in [2.75, 3.05) is 12.4 Å². The van der Waals surface area contributed by atoms with Crippen molar-refractivity contribution in [3.63, 3.8) is 0 Å². The second kappa shape index (κ2) is 7.28. The maximum atomic E-state index is 13.2. The second-order valence-corrected chi connectivity index (χ2v) is 6.36. The quantitative estimate of drug-likeness (QED) is 0.553. The lowest BCUT2D eigenvalue weighted by Gasteiger charge is -2.09. The number of hydrogen-bond acceptors (Lipinski definition) is 4. The van der Waals surface area contributed by atoms with Gasteiger partial charge in [0.2, 0.25) is 0 Å². The van der Waals surface area contributed by atoms with E-state index in [0.29, 0.717) is 39.1 Å². The number of ether oxygens (including phenoxy) is 1. The zero-order valence-electron chi connectivity index (χ0n) is 14.7. The lowest BCUT2D eigenvalue weighted by atomic mass is 10.2. The molecular weight excluding hydrogens is 383 g/mol. The van der Waals surface area contributed by atoms with Gasteiger partial charge in [0.05, 0.1) is 17.7 Å². The van der Waals surface area contributed by atoms with Gasteiger partial charge < -0.3 is 10.1 Å². The van der Waals surface area contributed by atoms with Gasteiger partial charge in [0, 0.05) is 17.4 Å². The van der Waals surface area contributed by atoms with Gasteiger partial charge in [-0.15, -0.1) is 10.2 Å². The summed E-state index contributed by atoms with van der Waals surface area (Å²) in [4.78, 5) is 12.8. The Morgan fingerprint density at radius 3 is 2.64 bits per heavy atom. The first kappa shape index (κ1) is 17.9. The SMILES string of the molecule is COc1ccc(NC(=O)c2cccn3c(-c4ccc(F)cc4)nnc23)cc1Cl. The molecule has 0 spiro atoms. The number of nitrogens with one attached hydrogen (secondary N) is 1. The summed E-state index contributed by atoms with van der Waals surface area (Å²) < 4.78 is 20.0. The summed E-state index contributed by atoms with van der Waals surface area (Å²) in [5.74, 6) is 0.334. The second-order valence-electron chi connectivity index (χ2n) is 5.95. The van der Waals surface area contributed by atoms with Crippen LogP contribution in [0.1, 0.15) is 10.4 Å². The van der Waals surface area contributed by atoms with Crippen LogP contribution in [0.3, 0.4) is 0 Å². The number of halogens is 2. The fraction of sp³-hybridized carbons (Fsp3) is 0.0500. The van der Waals surface area contributed by atoms with Crippen LogP contribution in [0.4, 0.5) is 10.1 Å². The molecule has 0 fully saturated rings. The number of aromatic nitrogens is 3. The average Bonchev–Trinajstić information content (AvgIpc) is 3.13. The van der Waals surface area contributed by atoms with Crippen LogP contribution in [0, 0.1) is 5.82 Å². The largest absolute Gasteiger partial charge is 0.495 e. The molecule has 4 rings (SSSR count). The first-order chi connectivity index (χ1) is 13.6. The Kier molecular flexibility index (Phi) is 4.67. The molecule has 0 aliphatic carbocycles. The molecule has 0 unspecified atom stereocenters. The van der Waals surface area contributed by atoms with Crippen LogP contribution >= 0.6 is 11.6 Å². The van der Waals surface area contributed by atoms with E-state index in [1.54, 1.807) is 53.1 Å². The van der Waals surface area contributed by atoms with Crippen molar-refractivity contribution < 1.29 is 13.9 Å². The van der Waals surface area contributed by atoms with Crippen LogP contribution in [-0.4, -0.2) is 27.6 Å². The summed E-state index contributed by atoms with van der Waals surface area (Å²) in [5.41, 5.74) is 1.94. The number of rotatable bonds is 4. The van der Waals surface area contributed by atoms with E-state index in [-0.39, 0.29) is 11.7 Å². The molecule has 8 heteroatoms. The average molecular weight is 397 g/mol. The Morgan fingerprint density at radius 1 is 1.14 bits per heavy atom. The van der Waals surface area contributed by atoms with Crippen molar-refractivity contribution in [1.82, 2.24) is 14.6 Å². The highest BCUT2D eigenvalue weighted by molar-refractivity contribution is 6.32. The zero-order valence-corrected chi connectivity index (χ0v) is 15.4. The van der Waals surface area contributed by atoms with E-state index in [1.807, 2.05) is 0 Å². The first-order valence-corrected chi connectivity index (χ1v) is 8.69. The molecule has 0 bridgehead atoms. The summed E-state index contributed by atoms with van der Waals surface area (Å²) >= 11 is 6.11. The molecule has 0 saturated carbocycles. The van der Waals surface area contributed by atoms with E-state index in [1.165, 1.54) is 19.2 Å². The van der Waals surface area contributed by atoms with Crippen LogP contribution in [-0.2, 0) is 0 Å². The fourth-order valence-corrected chi connectivity index (χ4v) is 3.09. The minimum atomic E-state index is -0.357. The summed E-state index contributed by atoms with van der Waals surface area (Å²) in [6.07, 6.45) is 1.75. The molecule has 2 aromatic heterocycles. The van der Waals surface area contributed by atoms with E-state index >= 15 is 0 Å². The number of anilines is 1. The summed E-state index contributed by atoms with van der Waals surface area (Å²) in [7, 11) is 1.52. The molecule has 0 saturated heterocycles. The highest BCUT2D eigenvalue weighted by atomic mass is 35.5. The molecule has 0 aliphatic heterocycles. The van der Waals surface area contributed by atoms with E-state index in [2.05, 4.69) is 15.5 Å². The minimum absolute atomic E-state index is 0.337. The first-order valence-electron chi connectivity index (χ1n) is 8.31. The van der Waals surface area contributed by atoms with Crippen molar-refractivity contribution >= 4 is 28.8 Å². The van der Waals surface area contributed by atoms with Gasteiger partial charge in [-0.3, -0.25) is 9.20 Å². The van der Waals surface area contributed by atoms with Gasteiger partial charge in [-0.25, -0.2) is 4.39 Å². The van der Waals surface area contributed by atoms with Crippen LogP contribution in [0.2, 0.25) is 5.02 Å². The number of methoxy groups -OCH3 is 1. The highest BCUT2D eigenvalue weighted by Gasteiger charge is 2.16. The van der Waals surface area contributed by atoms with E-state index < -0.39 is 0 Å². The van der Waals surface area contributed by atoms with Crippen molar-refractivity contribution in [2.45, 2.75) is 0 Å². The maximum absolute atomic E-state index is 13.2. The standard InChI is InChI=1S/C20H14ClFN4O2/c1-28-17-9-8-14(11-16(17)21)23-20(27)15-3-2-10-26-18(24-25-19(15)26)12-4-6-13(22)7-5-12/h2-11H,1H3,(H,23,27). The molecule has 1 N–H and O–H groups in total. The Labute approximate surface area is 164 Å². The van der Waals surface area contributed by atoms with Gasteiger partial charge in [-0.1, -0.05) is 11.6 Å². The minimum Gasteiger partial charge on any atom is -0.495 e. The van der Waals surface area contributed by atoms with E-state index in [9.17, 15) is 9.18 Å². The normalized spacial score (nSPS) is 10.8. The molecule has 2 heterocycles. The lowest BCUT2D eigenvalue weighted by molar-refractivity contribution is 0.102. The topological polar surface area (TPSA) is 68.5 Å². The van der Waals surface area contributed by atoms with Gasteiger partial charge in [0.15, 0.2) is 11.5 Å². The molecule has 2 aromatic carbocycles. The van der Waals surface area contributed by atoms with Crippen molar-refractivity contribution in [1.29, 1.82) is 0 Å². The fourth-order valence-electron chi connectivity index (χ4n) is 2.83. The molecule has 0 radical (unpaired) electrons. The summed E-state index contributed by atoms with van der Waals surface area (Å²) in [6.45, 7) is 0. The predicted octanol–water partition coefficient (Wildman–Crippen LogP) is 4.45. The Morgan fingerprint density at radius 2 is 1.93 bits per heavy atom. The molecule has 0 atom stereocenters. The third-order valence-electron chi connectivity index (χ3n) is 4.19. The van der Waals surface area contributed by atoms with Crippen LogP contribution in [0.25, 0.3) is 17.0 Å². The maximum Gasteiger partial charge on any atom is 0.259 e. The molecule has 28 heavy (non-hydrogen) atoms. The highest BCUT2D eigenvalue weighted by Crippen LogP contribution is 2.28. The molecule has 4 aromatic rings. The number of fused-ring (bicyclic) bond motifs is 1. The summed E-state index contributed by atoms with van der Waals surface area (Å²) in [5, 5.41) is 11.5. The number of amides is 1. The van der Waals surface area contributed by atoms with Crippen LogP contribution < -0.4 is 10.1 Å². The molecule has 0 aliphatic rings. The van der Waals surface area contributed by atoms with Gasteiger partial charge in [0.1, 0.15) is 11.6 Å². The van der Waals surface area contributed by atoms with Gasteiger partial charge in [0.25, 0.3) is 5.91 Å². The van der Waals surface area contributed by atoms with Crippen LogP contribution in [0.5, 0.6) is 5.75 Å². The number of nitrogens with zero attached hydrogens (tertiary/aromatic N) is 3. The lowest BCUT2D eigenvalue weighted by Crippen LogP contribution is -2.13.